The Morgan fingerprint density at radius 2 is 1.64 bits per heavy atom. The van der Waals surface area contributed by atoms with Crippen molar-refractivity contribution in [2.45, 2.75) is 27.3 Å². The second-order valence-corrected chi connectivity index (χ2v) is 9.82. The lowest BCUT2D eigenvalue weighted by atomic mass is 10.2. The van der Waals surface area contributed by atoms with E-state index >= 15 is 0 Å². The average molecular weight is 502 g/mol. The van der Waals surface area contributed by atoms with Crippen LogP contribution in [0.3, 0.4) is 0 Å². The van der Waals surface area contributed by atoms with Crippen LogP contribution in [0, 0.1) is 13.8 Å². The van der Waals surface area contributed by atoms with Gasteiger partial charge in [0.05, 0.1) is 31.2 Å². The fraction of sp³-hybridized carbons (Fsp3) is 0.296. The molecule has 0 saturated heterocycles. The summed E-state index contributed by atoms with van der Waals surface area (Å²) in [5.41, 5.74) is 4.97. The zero-order chi connectivity index (χ0) is 25.5. The molecule has 0 N–H and O–H groups in total. The monoisotopic (exact) mass is 501 g/mol. The third-order valence-corrected chi connectivity index (χ3v) is 7.26. The molecule has 2 aromatic heterocycles. The van der Waals surface area contributed by atoms with Crippen molar-refractivity contribution in [3.63, 3.8) is 0 Å². The van der Waals surface area contributed by atoms with Crippen LogP contribution in [0.4, 0.5) is 17.1 Å². The van der Waals surface area contributed by atoms with Crippen LogP contribution in [-0.4, -0.2) is 28.4 Å². The van der Waals surface area contributed by atoms with E-state index < -0.39 is 0 Å². The highest BCUT2D eigenvalue weighted by atomic mass is 32.1. The molecule has 2 aromatic carbocycles. The standard InChI is InChI=1S/C27H33N8S/c1-6-35(18-17-34-16-15-32(4)20-34)26-13-11-25(12-14-26)30-29-24-9-7-23(8-10-24)19-28-31-27-33(5)21(2)22(3)36-27/h7-16,19-20H,6,17-18H2,1-5H3/q+1/b28-19+,30-29+,31-27-. The summed E-state index contributed by atoms with van der Waals surface area (Å²) in [5, 5.41) is 17.4. The summed E-state index contributed by atoms with van der Waals surface area (Å²) >= 11 is 1.64. The Labute approximate surface area is 216 Å². The molecule has 4 rings (SSSR count). The van der Waals surface area contributed by atoms with Crippen LogP contribution in [0.5, 0.6) is 0 Å². The Hall–Kier alpha value is -3.85. The number of nitrogens with zero attached hydrogens (tertiary/aromatic N) is 8. The summed E-state index contributed by atoms with van der Waals surface area (Å²) in [7, 11) is 4.04. The van der Waals surface area contributed by atoms with Gasteiger partial charge in [-0.25, -0.2) is 9.13 Å². The highest BCUT2D eigenvalue weighted by molar-refractivity contribution is 7.09. The van der Waals surface area contributed by atoms with Crippen molar-refractivity contribution in [2.24, 2.45) is 34.5 Å². The minimum Gasteiger partial charge on any atom is -0.368 e. The van der Waals surface area contributed by atoms with Gasteiger partial charge in [-0.15, -0.1) is 16.4 Å². The molecule has 0 unspecified atom stereocenters. The minimum absolute atomic E-state index is 0.791. The van der Waals surface area contributed by atoms with Crippen LogP contribution in [0.25, 0.3) is 0 Å². The molecule has 9 heteroatoms. The number of thiazole rings is 1. The lowest BCUT2D eigenvalue weighted by Gasteiger charge is -2.22. The number of hydrogen-bond acceptors (Lipinski definition) is 6. The van der Waals surface area contributed by atoms with Crippen LogP contribution >= 0.6 is 11.3 Å². The van der Waals surface area contributed by atoms with E-state index in [-0.39, 0.29) is 0 Å². The fourth-order valence-corrected chi connectivity index (χ4v) is 4.62. The first kappa shape index (κ1) is 25.2. The Balaban J connectivity index is 1.34. The predicted molar refractivity (Wildman–Crippen MR) is 146 cm³/mol. The van der Waals surface area contributed by atoms with Crippen molar-refractivity contribution in [3.8, 4) is 0 Å². The minimum atomic E-state index is 0.791. The molecule has 36 heavy (non-hydrogen) atoms. The van der Waals surface area contributed by atoms with E-state index in [2.05, 4.69) is 90.7 Å². The third-order valence-electron chi connectivity index (χ3n) is 6.12. The molecule has 8 nitrogen and oxygen atoms in total. The number of benzene rings is 2. The summed E-state index contributed by atoms with van der Waals surface area (Å²) in [4.78, 5) is 4.49. The quantitative estimate of drug-likeness (QED) is 0.134. The van der Waals surface area contributed by atoms with Gasteiger partial charge in [-0.1, -0.05) is 12.1 Å². The van der Waals surface area contributed by atoms with Gasteiger partial charge in [-0.3, -0.25) is 0 Å². The van der Waals surface area contributed by atoms with E-state index in [1.807, 2.05) is 50.5 Å². The number of anilines is 1. The summed E-state index contributed by atoms with van der Waals surface area (Å²) in [5.74, 6) is 0. The first-order chi connectivity index (χ1) is 17.4. The second kappa shape index (κ2) is 11.7. The number of hydrogen-bond donors (Lipinski definition) is 0. The van der Waals surface area contributed by atoms with E-state index in [0.717, 1.165) is 41.4 Å². The van der Waals surface area contributed by atoms with Crippen molar-refractivity contribution in [3.05, 3.63) is 88.2 Å². The zero-order valence-corrected chi connectivity index (χ0v) is 22.4. The van der Waals surface area contributed by atoms with Gasteiger partial charge < -0.3 is 9.47 Å². The van der Waals surface area contributed by atoms with Gasteiger partial charge in [-0.2, -0.15) is 15.3 Å². The summed E-state index contributed by atoms with van der Waals surface area (Å²) < 4.78 is 6.31. The van der Waals surface area contributed by atoms with Gasteiger partial charge in [0.25, 0.3) is 0 Å². The largest absolute Gasteiger partial charge is 0.368 e. The molecule has 0 amide bonds. The second-order valence-electron chi connectivity index (χ2n) is 8.63. The van der Waals surface area contributed by atoms with Gasteiger partial charge in [-0.05, 0) is 62.7 Å². The average Bonchev–Trinajstić information content (AvgIpc) is 3.42. The fourth-order valence-electron chi connectivity index (χ4n) is 3.70. The van der Waals surface area contributed by atoms with Crippen LogP contribution < -0.4 is 14.3 Å². The smallest absolute Gasteiger partial charge is 0.243 e. The molecule has 0 atom stereocenters. The molecule has 0 aliphatic heterocycles. The van der Waals surface area contributed by atoms with E-state index in [9.17, 15) is 0 Å². The predicted octanol–water partition coefficient (Wildman–Crippen LogP) is 5.21. The SMILES string of the molecule is CCN(CC[n+]1ccn(C)c1)c1ccc(/N=N/c2ccc(/C=N/N=c3\sc(C)c(C)n3C)cc2)cc1. The van der Waals surface area contributed by atoms with Gasteiger partial charge >= 0.3 is 0 Å². The number of rotatable bonds is 9. The summed E-state index contributed by atoms with van der Waals surface area (Å²) in [6.07, 6.45) is 8.00. The van der Waals surface area contributed by atoms with Crippen molar-refractivity contribution in [2.75, 3.05) is 18.0 Å². The lowest BCUT2D eigenvalue weighted by Crippen LogP contribution is -2.39. The van der Waals surface area contributed by atoms with Gasteiger partial charge in [0.15, 0.2) is 0 Å². The van der Waals surface area contributed by atoms with Gasteiger partial charge in [0, 0.05) is 29.9 Å². The Morgan fingerprint density at radius 1 is 0.972 bits per heavy atom. The van der Waals surface area contributed by atoms with E-state index in [1.165, 1.54) is 16.3 Å². The number of aromatic nitrogens is 3. The third kappa shape index (κ3) is 6.42. The van der Waals surface area contributed by atoms with Crippen molar-refractivity contribution < 1.29 is 4.57 Å². The molecule has 0 radical (unpaired) electrons. The van der Waals surface area contributed by atoms with E-state index in [1.54, 1.807) is 17.6 Å². The topological polar surface area (TPSA) is 66.4 Å². The highest BCUT2D eigenvalue weighted by Gasteiger charge is 2.07. The molecule has 2 heterocycles. The first-order valence-corrected chi connectivity index (χ1v) is 12.8. The van der Waals surface area contributed by atoms with Crippen LogP contribution in [0.2, 0.25) is 0 Å². The highest BCUT2D eigenvalue weighted by Crippen LogP contribution is 2.22. The maximum atomic E-state index is 4.40. The molecule has 186 valence electrons. The molecule has 0 fully saturated rings. The van der Waals surface area contributed by atoms with Crippen molar-refractivity contribution in [1.29, 1.82) is 0 Å². The summed E-state index contributed by atoms with van der Waals surface area (Å²) in [6, 6.07) is 16.0. The Morgan fingerprint density at radius 3 is 2.19 bits per heavy atom. The molecule has 0 aliphatic rings. The molecular formula is C27H33N8S+. The molecule has 4 aromatic rings. The Bertz CT molecular complexity index is 1410. The number of likely N-dealkylation sites (N-methyl/N-ethyl adjacent to an activating group) is 1. The molecule has 0 bridgehead atoms. The van der Waals surface area contributed by atoms with Crippen molar-refractivity contribution in [1.82, 2.24) is 9.13 Å². The van der Waals surface area contributed by atoms with E-state index in [0.29, 0.717) is 0 Å². The van der Waals surface area contributed by atoms with Crippen LogP contribution in [-0.2, 0) is 20.6 Å². The van der Waals surface area contributed by atoms with E-state index in [4.69, 9.17) is 0 Å². The first-order valence-electron chi connectivity index (χ1n) is 12.0. The Kier molecular flexibility index (Phi) is 8.22. The normalized spacial score (nSPS) is 12.3. The van der Waals surface area contributed by atoms with Crippen molar-refractivity contribution >= 4 is 34.6 Å². The number of azo groups is 1. The van der Waals surface area contributed by atoms with Gasteiger partial charge in [0.2, 0.25) is 11.1 Å². The molecule has 0 aliphatic carbocycles. The lowest BCUT2D eigenvalue weighted by molar-refractivity contribution is -0.693. The zero-order valence-electron chi connectivity index (χ0n) is 21.5. The molecule has 0 saturated carbocycles. The number of aryl methyl sites for hydroxylation is 2. The number of imidazole rings is 1. The van der Waals surface area contributed by atoms with Crippen LogP contribution in [0.1, 0.15) is 23.1 Å². The summed E-state index contributed by atoms with van der Waals surface area (Å²) in [6.45, 7) is 9.19. The maximum absolute atomic E-state index is 4.40. The molecule has 0 spiro atoms. The van der Waals surface area contributed by atoms with Gasteiger partial charge in [0.1, 0.15) is 18.9 Å². The van der Waals surface area contributed by atoms with Crippen LogP contribution in [0.15, 0.2) is 87.7 Å². The maximum Gasteiger partial charge on any atom is 0.243 e. The molecular weight excluding hydrogens is 468 g/mol.